The lowest BCUT2D eigenvalue weighted by molar-refractivity contribution is -0.0339. The van der Waals surface area contributed by atoms with E-state index in [2.05, 4.69) is 32.7 Å². The Bertz CT molecular complexity index is 204. The average molecular weight is 229 g/mol. The van der Waals surface area contributed by atoms with Gasteiger partial charge in [0, 0.05) is 31.7 Å². The summed E-state index contributed by atoms with van der Waals surface area (Å²) in [7, 11) is 2.15. The maximum Gasteiger partial charge on any atom is 0.0501 e. The lowest BCUT2D eigenvalue weighted by atomic mass is 9.80. The average Bonchev–Trinajstić information content (AvgIpc) is 2.16. The van der Waals surface area contributed by atoms with Crippen LogP contribution in [0.2, 0.25) is 0 Å². The lowest BCUT2D eigenvalue weighted by Gasteiger charge is -2.40. The third kappa shape index (κ3) is 4.40. The van der Waals surface area contributed by atoms with Gasteiger partial charge in [0.2, 0.25) is 0 Å². The summed E-state index contributed by atoms with van der Waals surface area (Å²) in [5.41, 5.74) is 0.384. The predicted octanol–water partition coefficient (Wildman–Crippen LogP) is 1.75. The molecule has 0 atom stereocenters. The number of hydrogen-bond acceptors (Lipinski definition) is 3. The van der Waals surface area contributed by atoms with Gasteiger partial charge in [-0.2, -0.15) is 0 Å². The quantitative estimate of drug-likeness (QED) is 0.797. The zero-order valence-electron chi connectivity index (χ0n) is 11.3. The van der Waals surface area contributed by atoms with Gasteiger partial charge < -0.3 is 14.7 Å². The molecular weight excluding hydrogens is 202 g/mol. The van der Waals surface area contributed by atoms with Gasteiger partial charge in [0.1, 0.15) is 0 Å². The van der Waals surface area contributed by atoms with Crippen molar-refractivity contribution in [2.45, 2.75) is 33.6 Å². The van der Waals surface area contributed by atoms with Crippen molar-refractivity contribution < 1.29 is 9.84 Å². The van der Waals surface area contributed by atoms with Crippen LogP contribution in [0.25, 0.3) is 0 Å². The highest BCUT2D eigenvalue weighted by atomic mass is 16.5. The van der Waals surface area contributed by atoms with Gasteiger partial charge >= 0.3 is 0 Å². The number of aliphatic hydroxyl groups excluding tert-OH is 1. The minimum Gasteiger partial charge on any atom is -0.396 e. The van der Waals surface area contributed by atoms with Crippen LogP contribution >= 0.6 is 0 Å². The van der Waals surface area contributed by atoms with Crippen LogP contribution in [0.15, 0.2) is 0 Å². The van der Waals surface area contributed by atoms with Crippen LogP contribution in [0.3, 0.4) is 0 Å². The van der Waals surface area contributed by atoms with Crippen molar-refractivity contribution in [1.29, 1.82) is 0 Å². The lowest BCUT2D eigenvalue weighted by Crippen LogP contribution is -2.44. The summed E-state index contributed by atoms with van der Waals surface area (Å²) in [5, 5.41) is 9.61. The fraction of sp³-hybridized carbons (Fsp3) is 1.00. The van der Waals surface area contributed by atoms with Crippen molar-refractivity contribution >= 4 is 0 Å². The summed E-state index contributed by atoms with van der Waals surface area (Å²) >= 11 is 0. The molecule has 1 rings (SSSR count). The first-order chi connectivity index (χ1) is 7.37. The molecule has 1 heterocycles. The molecule has 0 bridgehead atoms. The number of aliphatic hydroxyl groups is 1. The van der Waals surface area contributed by atoms with Crippen LogP contribution < -0.4 is 0 Å². The molecule has 3 heteroatoms. The first kappa shape index (κ1) is 13.9. The fourth-order valence-electron chi connectivity index (χ4n) is 2.61. The van der Waals surface area contributed by atoms with Crippen molar-refractivity contribution in [2.75, 3.05) is 40.0 Å². The Hall–Kier alpha value is -0.120. The summed E-state index contributed by atoms with van der Waals surface area (Å²) in [6.45, 7) is 10.7. The highest BCUT2D eigenvalue weighted by molar-refractivity contribution is 4.84. The molecule has 3 nitrogen and oxygen atoms in total. The second-order valence-corrected chi connectivity index (χ2v) is 6.50. The molecule has 0 aromatic heterocycles. The number of ether oxygens (including phenoxy) is 1. The molecule has 1 fully saturated rings. The topological polar surface area (TPSA) is 32.7 Å². The summed E-state index contributed by atoms with van der Waals surface area (Å²) in [6, 6.07) is 0. The zero-order valence-corrected chi connectivity index (χ0v) is 11.3. The maximum atomic E-state index is 9.61. The molecule has 0 aromatic rings. The molecule has 1 N–H and O–H groups in total. The van der Waals surface area contributed by atoms with E-state index in [1.807, 2.05) is 0 Å². The maximum absolute atomic E-state index is 9.61. The second-order valence-electron chi connectivity index (χ2n) is 6.50. The van der Waals surface area contributed by atoms with Crippen LogP contribution in [0.1, 0.15) is 33.6 Å². The molecule has 1 aliphatic heterocycles. The van der Waals surface area contributed by atoms with E-state index in [9.17, 15) is 5.11 Å². The van der Waals surface area contributed by atoms with E-state index in [-0.39, 0.29) is 12.0 Å². The molecule has 0 radical (unpaired) electrons. The first-order valence-corrected chi connectivity index (χ1v) is 6.24. The predicted molar refractivity (Wildman–Crippen MR) is 66.5 cm³/mol. The van der Waals surface area contributed by atoms with E-state index in [0.29, 0.717) is 5.41 Å². The van der Waals surface area contributed by atoms with Gasteiger partial charge in [-0.05, 0) is 25.3 Å². The smallest absolute Gasteiger partial charge is 0.0501 e. The van der Waals surface area contributed by atoms with Crippen LogP contribution in [-0.4, -0.2) is 50.0 Å². The number of nitrogens with zero attached hydrogens (tertiary/aromatic N) is 1. The minimum absolute atomic E-state index is 0.0677. The molecule has 1 aliphatic rings. The molecule has 0 unspecified atom stereocenters. The Morgan fingerprint density at radius 1 is 1.25 bits per heavy atom. The molecular formula is C13H27NO2. The molecule has 0 spiro atoms. The third-order valence-corrected chi connectivity index (χ3v) is 3.24. The van der Waals surface area contributed by atoms with Gasteiger partial charge in [0.05, 0.1) is 6.61 Å². The highest BCUT2D eigenvalue weighted by Gasteiger charge is 2.33. The Kier molecular flexibility index (Phi) is 4.77. The van der Waals surface area contributed by atoms with Gasteiger partial charge in [0.15, 0.2) is 0 Å². The highest BCUT2D eigenvalue weighted by Crippen LogP contribution is 2.31. The minimum atomic E-state index is 0.0677. The van der Waals surface area contributed by atoms with Gasteiger partial charge in [-0.15, -0.1) is 0 Å². The summed E-state index contributed by atoms with van der Waals surface area (Å²) in [4.78, 5) is 2.35. The molecule has 16 heavy (non-hydrogen) atoms. The van der Waals surface area contributed by atoms with Crippen LogP contribution in [0, 0.1) is 10.8 Å². The Morgan fingerprint density at radius 2 is 1.81 bits per heavy atom. The van der Waals surface area contributed by atoms with Crippen LogP contribution in [-0.2, 0) is 4.74 Å². The van der Waals surface area contributed by atoms with Crippen LogP contribution in [0.5, 0.6) is 0 Å². The Balaban J connectivity index is 2.48. The van der Waals surface area contributed by atoms with Crippen molar-refractivity contribution in [2.24, 2.45) is 10.8 Å². The number of rotatable bonds is 4. The van der Waals surface area contributed by atoms with E-state index in [1.165, 1.54) is 0 Å². The molecule has 0 amide bonds. The largest absolute Gasteiger partial charge is 0.396 e. The molecule has 1 saturated heterocycles. The first-order valence-electron chi connectivity index (χ1n) is 6.24. The van der Waals surface area contributed by atoms with Crippen molar-refractivity contribution in [3.05, 3.63) is 0 Å². The van der Waals surface area contributed by atoms with E-state index >= 15 is 0 Å². The van der Waals surface area contributed by atoms with E-state index in [0.717, 1.165) is 39.1 Å². The summed E-state index contributed by atoms with van der Waals surface area (Å²) < 4.78 is 5.38. The monoisotopic (exact) mass is 229 g/mol. The van der Waals surface area contributed by atoms with E-state index < -0.39 is 0 Å². The SMILES string of the molecule is CN(CC(C)(C)C)CC1(CO)CCOCC1. The van der Waals surface area contributed by atoms with Gasteiger partial charge in [-0.3, -0.25) is 0 Å². The zero-order chi connectivity index (χ0) is 12.2. The second kappa shape index (κ2) is 5.48. The molecule has 0 aromatic carbocycles. The van der Waals surface area contributed by atoms with Crippen molar-refractivity contribution in [3.63, 3.8) is 0 Å². The Labute approximate surface area is 99.8 Å². The van der Waals surface area contributed by atoms with Crippen molar-refractivity contribution in [3.8, 4) is 0 Å². The summed E-state index contributed by atoms with van der Waals surface area (Å²) in [5.74, 6) is 0. The van der Waals surface area contributed by atoms with Gasteiger partial charge in [-0.25, -0.2) is 0 Å². The molecule has 96 valence electrons. The van der Waals surface area contributed by atoms with Crippen LogP contribution in [0.4, 0.5) is 0 Å². The van der Waals surface area contributed by atoms with E-state index in [4.69, 9.17) is 4.74 Å². The van der Waals surface area contributed by atoms with Gasteiger partial charge in [-0.1, -0.05) is 20.8 Å². The Morgan fingerprint density at radius 3 is 2.25 bits per heavy atom. The molecule has 0 saturated carbocycles. The standard InChI is InChI=1S/C13H27NO2/c1-12(2,3)9-14(4)10-13(11-15)5-7-16-8-6-13/h15H,5-11H2,1-4H3. The summed E-state index contributed by atoms with van der Waals surface area (Å²) in [6.07, 6.45) is 1.97. The van der Waals surface area contributed by atoms with Gasteiger partial charge in [0.25, 0.3) is 0 Å². The van der Waals surface area contributed by atoms with E-state index in [1.54, 1.807) is 0 Å². The normalized spacial score (nSPS) is 21.4. The number of hydrogen-bond donors (Lipinski definition) is 1. The third-order valence-electron chi connectivity index (χ3n) is 3.24. The molecule has 0 aliphatic carbocycles. The fourth-order valence-corrected chi connectivity index (χ4v) is 2.61. The van der Waals surface area contributed by atoms with Crippen molar-refractivity contribution in [1.82, 2.24) is 4.90 Å².